The maximum Gasteiger partial charge on any atom is 0.250 e. The fourth-order valence-corrected chi connectivity index (χ4v) is 1.89. The first-order valence-electron chi connectivity index (χ1n) is 5.29. The van der Waals surface area contributed by atoms with E-state index in [0.29, 0.717) is 0 Å². The maximum absolute atomic E-state index is 6.01. The van der Waals surface area contributed by atoms with Crippen molar-refractivity contribution in [2.75, 3.05) is 0 Å². The molecule has 0 aromatic carbocycles. The van der Waals surface area contributed by atoms with Crippen LogP contribution in [0.5, 0.6) is 0 Å². The highest BCUT2D eigenvalue weighted by molar-refractivity contribution is 6.74. The number of hydrogen-bond donors (Lipinski definition) is 0. The molecule has 0 fully saturated rings. The molecule has 2 heteroatoms. The lowest BCUT2D eigenvalue weighted by Crippen LogP contribution is -2.40. The molecule has 0 aliphatic rings. The van der Waals surface area contributed by atoms with Gasteiger partial charge in [0.15, 0.2) is 0 Å². The van der Waals surface area contributed by atoms with Crippen LogP contribution in [0.25, 0.3) is 0 Å². The average molecular weight is 224 g/mol. The monoisotopic (exact) mass is 224 g/mol. The minimum absolute atomic E-state index is 0.199. The van der Waals surface area contributed by atoms with Crippen molar-refractivity contribution < 1.29 is 4.43 Å². The third-order valence-corrected chi connectivity index (χ3v) is 7.34. The van der Waals surface area contributed by atoms with E-state index in [2.05, 4.69) is 53.6 Å². The van der Waals surface area contributed by atoms with Crippen molar-refractivity contribution in [3.63, 3.8) is 0 Å². The molecule has 0 heterocycles. The van der Waals surface area contributed by atoms with E-state index < -0.39 is 8.32 Å². The molecule has 15 heavy (non-hydrogen) atoms. The quantitative estimate of drug-likeness (QED) is 0.286. The van der Waals surface area contributed by atoms with Gasteiger partial charge in [-0.25, -0.2) is 0 Å². The summed E-state index contributed by atoms with van der Waals surface area (Å²) in [6, 6.07) is 0. The normalized spacial score (nSPS) is 12.1. The SMILES string of the molecule is C=CCC(=C)C(=C)O[Si](C)(C)C(C)(C)C. The van der Waals surface area contributed by atoms with Crippen LogP contribution < -0.4 is 0 Å². The van der Waals surface area contributed by atoms with Crippen LogP contribution in [0.4, 0.5) is 0 Å². The van der Waals surface area contributed by atoms with Crippen LogP contribution in [-0.2, 0) is 4.43 Å². The molecule has 0 atom stereocenters. The van der Waals surface area contributed by atoms with Crippen LogP contribution in [0, 0.1) is 0 Å². The zero-order chi connectivity index (χ0) is 12.3. The topological polar surface area (TPSA) is 9.23 Å². The summed E-state index contributed by atoms with van der Waals surface area (Å²) < 4.78 is 6.01. The molecule has 0 aliphatic heterocycles. The minimum Gasteiger partial charge on any atom is -0.544 e. The Balaban J connectivity index is 4.54. The van der Waals surface area contributed by atoms with Gasteiger partial charge >= 0.3 is 0 Å². The predicted octanol–water partition coefficient (Wildman–Crippen LogP) is 4.65. The van der Waals surface area contributed by atoms with Crippen LogP contribution in [0.1, 0.15) is 27.2 Å². The van der Waals surface area contributed by atoms with E-state index in [1.165, 1.54) is 0 Å². The lowest BCUT2D eigenvalue weighted by molar-refractivity contribution is 0.394. The van der Waals surface area contributed by atoms with Gasteiger partial charge in [0.25, 0.3) is 0 Å². The molecular weight excluding hydrogens is 200 g/mol. The smallest absolute Gasteiger partial charge is 0.250 e. The summed E-state index contributed by atoms with van der Waals surface area (Å²) >= 11 is 0. The van der Waals surface area contributed by atoms with E-state index in [1.54, 1.807) is 0 Å². The lowest BCUT2D eigenvalue weighted by Gasteiger charge is -2.37. The summed E-state index contributed by atoms with van der Waals surface area (Å²) in [4.78, 5) is 0. The van der Waals surface area contributed by atoms with Crippen LogP contribution in [-0.4, -0.2) is 8.32 Å². The van der Waals surface area contributed by atoms with Crippen molar-refractivity contribution in [3.05, 3.63) is 37.1 Å². The number of hydrogen-bond acceptors (Lipinski definition) is 1. The molecule has 0 radical (unpaired) electrons. The molecule has 0 aliphatic carbocycles. The maximum atomic E-state index is 6.01. The standard InChI is InChI=1S/C13H24OSi/c1-9-10-11(2)12(3)14-15(7,8)13(4,5)6/h9H,1-3,10H2,4-8H3. The molecule has 0 rings (SSSR count). The summed E-state index contributed by atoms with van der Waals surface area (Å²) in [5.74, 6) is 0.724. The molecular formula is C13H24OSi. The van der Waals surface area contributed by atoms with Gasteiger partial charge in [0.05, 0.1) is 5.76 Å². The molecule has 0 aromatic heterocycles. The van der Waals surface area contributed by atoms with Crippen molar-refractivity contribution in [2.24, 2.45) is 0 Å². The minimum atomic E-state index is -1.75. The molecule has 0 unspecified atom stereocenters. The van der Waals surface area contributed by atoms with Gasteiger partial charge < -0.3 is 4.43 Å². The Kier molecular flexibility index (Phi) is 4.59. The highest BCUT2D eigenvalue weighted by Gasteiger charge is 2.39. The van der Waals surface area contributed by atoms with E-state index in [-0.39, 0.29) is 5.04 Å². The van der Waals surface area contributed by atoms with Crippen LogP contribution >= 0.6 is 0 Å². The summed E-state index contributed by atoms with van der Waals surface area (Å²) in [7, 11) is -1.75. The highest BCUT2D eigenvalue weighted by Crippen LogP contribution is 2.38. The predicted molar refractivity (Wildman–Crippen MR) is 71.4 cm³/mol. The third-order valence-electron chi connectivity index (χ3n) is 2.97. The summed E-state index contributed by atoms with van der Waals surface area (Å²) in [6.07, 6.45) is 2.57. The molecule has 0 bridgehead atoms. The summed E-state index contributed by atoms with van der Waals surface area (Å²) in [5, 5.41) is 0.199. The van der Waals surface area contributed by atoms with E-state index in [0.717, 1.165) is 17.8 Å². The van der Waals surface area contributed by atoms with Gasteiger partial charge in [-0.3, -0.25) is 0 Å². The molecule has 0 aromatic rings. The van der Waals surface area contributed by atoms with Gasteiger partial charge in [-0.2, -0.15) is 0 Å². The van der Waals surface area contributed by atoms with Crippen molar-refractivity contribution in [2.45, 2.75) is 45.3 Å². The zero-order valence-corrected chi connectivity index (χ0v) is 11.8. The first-order chi connectivity index (χ1) is 6.62. The van der Waals surface area contributed by atoms with Gasteiger partial charge in [0, 0.05) is 0 Å². The van der Waals surface area contributed by atoms with E-state index >= 15 is 0 Å². The Hall–Kier alpha value is -0.763. The Morgan fingerprint density at radius 3 is 2.07 bits per heavy atom. The molecule has 0 saturated carbocycles. The van der Waals surface area contributed by atoms with Crippen molar-refractivity contribution in [1.82, 2.24) is 0 Å². The first kappa shape index (κ1) is 14.2. The van der Waals surface area contributed by atoms with Gasteiger partial charge in [-0.15, -0.1) is 6.58 Å². The zero-order valence-electron chi connectivity index (χ0n) is 10.8. The second-order valence-electron chi connectivity index (χ2n) is 5.38. The fraction of sp³-hybridized carbons (Fsp3) is 0.538. The van der Waals surface area contributed by atoms with Crippen molar-refractivity contribution in [3.8, 4) is 0 Å². The second-order valence-corrected chi connectivity index (χ2v) is 10.1. The molecule has 1 nitrogen and oxygen atoms in total. The Morgan fingerprint density at radius 1 is 1.27 bits per heavy atom. The highest BCUT2D eigenvalue weighted by atomic mass is 28.4. The molecule has 0 spiro atoms. The Bertz CT molecular complexity index is 269. The Labute approximate surface area is 95.7 Å². The van der Waals surface area contributed by atoms with Crippen LogP contribution in [0.3, 0.4) is 0 Å². The van der Waals surface area contributed by atoms with Crippen LogP contribution in [0.15, 0.2) is 37.1 Å². The molecule has 86 valence electrons. The van der Waals surface area contributed by atoms with Crippen molar-refractivity contribution in [1.29, 1.82) is 0 Å². The van der Waals surface area contributed by atoms with Gasteiger partial charge in [0.1, 0.15) is 0 Å². The molecule has 0 amide bonds. The van der Waals surface area contributed by atoms with Crippen molar-refractivity contribution >= 4 is 8.32 Å². The lowest BCUT2D eigenvalue weighted by atomic mass is 10.2. The third kappa shape index (κ3) is 4.08. The molecule has 0 saturated heterocycles. The summed E-state index contributed by atoms with van der Waals surface area (Å²) in [6.45, 7) is 22.6. The van der Waals surface area contributed by atoms with E-state index in [1.807, 2.05) is 6.08 Å². The second kappa shape index (κ2) is 4.84. The van der Waals surface area contributed by atoms with E-state index in [4.69, 9.17) is 4.43 Å². The summed E-state index contributed by atoms with van der Waals surface area (Å²) in [5.41, 5.74) is 0.926. The van der Waals surface area contributed by atoms with Gasteiger partial charge in [-0.05, 0) is 30.1 Å². The van der Waals surface area contributed by atoms with Gasteiger partial charge in [-0.1, -0.05) is 40.0 Å². The number of allylic oxidation sites excluding steroid dienone is 2. The largest absolute Gasteiger partial charge is 0.544 e. The fourth-order valence-electron chi connectivity index (χ4n) is 0.821. The average Bonchev–Trinajstić information content (AvgIpc) is 2.01. The van der Waals surface area contributed by atoms with Gasteiger partial charge in [0.2, 0.25) is 8.32 Å². The van der Waals surface area contributed by atoms with Crippen LogP contribution in [0.2, 0.25) is 18.1 Å². The molecule has 0 N–H and O–H groups in total. The first-order valence-corrected chi connectivity index (χ1v) is 8.19. The number of rotatable bonds is 5. The van der Waals surface area contributed by atoms with E-state index in [9.17, 15) is 0 Å². The Morgan fingerprint density at radius 2 is 1.73 bits per heavy atom.